The van der Waals surface area contributed by atoms with E-state index in [1.807, 2.05) is 0 Å². The van der Waals surface area contributed by atoms with Gasteiger partial charge in [0, 0.05) is 30.4 Å². The molecule has 1 atom stereocenters. The van der Waals surface area contributed by atoms with Crippen LogP contribution in [0.3, 0.4) is 0 Å². The van der Waals surface area contributed by atoms with Gasteiger partial charge in [0.1, 0.15) is 0 Å². The van der Waals surface area contributed by atoms with Crippen LogP contribution in [0.2, 0.25) is 0 Å². The molecule has 0 radical (unpaired) electrons. The van der Waals surface area contributed by atoms with E-state index in [9.17, 15) is 0 Å². The highest BCUT2D eigenvalue weighted by Crippen LogP contribution is 2.17. The van der Waals surface area contributed by atoms with Crippen molar-refractivity contribution in [1.82, 2.24) is 10.2 Å². The van der Waals surface area contributed by atoms with Crippen LogP contribution in [0.4, 0.5) is 0 Å². The summed E-state index contributed by atoms with van der Waals surface area (Å²) in [5, 5.41) is 3.64. The Labute approximate surface area is 106 Å². The molecule has 1 fully saturated rings. The minimum atomic E-state index is 0.256. The lowest BCUT2D eigenvalue weighted by Gasteiger charge is -2.28. The van der Waals surface area contributed by atoms with Crippen LogP contribution < -0.4 is 5.32 Å². The van der Waals surface area contributed by atoms with Crippen molar-refractivity contribution in [3.8, 4) is 0 Å². The molecule has 0 spiro atoms. The standard InChI is InChI=1S/C13H28N2S/c1-5-16-10-9-15-8-6-7-12(15)11-14-13(2,3)4/h12,14H,5-11H2,1-4H3. The van der Waals surface area contributed by atoms with Crippen molar-refractivity contribution in [2.75, 3.05) is 31.1 Å². The molecule has 1 aliphatic heterocycles. The largest absolute Gasteiger partial charge is 0.311 e. The van der Waals surface area contributed by atoms with Crippen LogP contribution in [-0.4, -0.2) is 47.6 Å². The summed E-state index contributed by atoms with van der Waals surface area (Å²) >= 11 is 2.06. The molecule has 2 nitrogen and oxygen atoms in total. The monoisotopic (exact) mass is 244 g/mol. The Morgan fingerprint density at radius 2 is 2.12 bits per heavy atom. The molecule has 0 saturated carbocycles. The molecular weight excluding hydrogens is 216 g/mol. The van der Waals surface area contributed by atoms with E-state index >= 15 is 0 Å². The van der Waals surface area contributed by atoms with Gasteiger partial charge in [0.05, 0.1) is 0 Å². The van der Waals surface area contributed by atoms with Crippen LogP contribution in [0, 0.1) is 0 Å². The van der Waals surface area contributed by atoms with E-state index in [0.717, 1.165) is 12.6 Å². The smallest absolute Gasteiger partial charge is 0.0221 e. The summed E-state index contributed by atoms with van der Waals surface area (Å²) in [4.78, 5) is 2.67. The summed E-state index contributed by atoms with van der Waals surface area (Å²) in [7, 11) is 0. The van der Waals surface area contributed by atoms with E-state index in [4.69, 9.17) is 0 Å². The molecule has 0 aromatic heterocycles. The maximum absolute atomic E-state index is 3.64. The third kappa shape index (κ3) is 5.55. The SMILES string of the molecule is CCSCCN1CCCC1CNC(C)(C)C. The number of hydrogen-bond acceptors (Lipinski definition) is 3. The van der Waals surface area contributed by atoms with Gasteiger partial charge >= 0.3 is 0 Å². The minimum absolute atomic E-state index is 0.256. The summed E-state index contributed by atoms with van der Waals surface area (Å²) in [6.45, 7) is 12.7. The van der Waals surface area contributed by atoms with E-state index in [1.54, 1.807) is 0 Å². The number of nitrogens with one attached hydrogen (secondary N) is 1. The first-order valence-electron chi connectivity index (χ1n) is 6.60. The predicted octanol–water partition coefficient (Wildman–Crippen LogP) is 2.59. The quantitative estimate of drug-likeness (QED) is 0.723. The van der Waals surface area contributed by atoms with Crippen molar-refractivity contribution in [3.63, 3.8) is 0 Å². The van der Waals surface area contributed by atoms with Crippen LogP contribution >= 0.6 is 11.8 Å². The van der Waals surface area contributed by atoms with Crippen molar-refractivity contribution in [1.29, 1.82) is 0 Å². The molecule has 0 aliphatic carbocycles. The fourth-order valence-corrected chi connectivity index (χ4v) is 2.82. The topological polar surface area (TPSA) is 15.3 Å². The Kier molecular flexibility index (Phi) is 6.16. The van der Waals surface area contributed by atoms with E-state index in [1.165, 1.54) is 37.4 Å². The van der Waals surface area contributed by atoms with Gasteiger partial charge < -0.3 is 5.32 Å². The van der Waals surface area contributed by atoms with E-state index in [-0.39, 0.29) is 5.54 Å². The molecule has 16 heavy (non-hydrogen) atoms. The molecule has 0 amide bonds. The molecule has 1 rings (SSSR count). The lowest BCUT2D eigenvalue weighted by molar-refractivity contribution is 0.246. The zero-order chi connectivity index (χ0) is 12.0. The van der Waals surface area contributed by atoms with Crippen LogP contribution in [0.25, 0.3) is 0 Å². The number of rotatable bonds is 6. The van der Waals surface area contributed by atoms with Crippen molar-refractivity contribution >= 4 is 11.8 Å². The van der Waals surface area contributed by atoms with E-state index in [2.05, 4.69) is 49.7 Å². The van der Waals surface area contributed by atoms with Crippen molar-refractivity contribution in [3.05, 3.63) is 0 Å². The second kappa shape index (κ2) is 6.87. The molecule has 1 unspecified atom stereocenters. The predicted molar refractivity (Wildman–Crippen MR) is 75.3 cm³/mol. The van der Waals surface area contributed by atoms with Crippen molar-refractivity contribution in [2.45, 2.75) is 52.1 Å². The second-order valence-corrected chi connectivity index (χ2v) is 7.05. The molecular formula is C13H28N2S. The second-order valence-electron chi connectivity index (χ2n) is 5.66. The highest BCUT2D eigenvalue weighted by molar-refractivity contribution is 7.99. The Hall–Kier alpha value is 0.270. The average Bonchev–Trinajstić information content (AvgIpc) is 2.62. The Balaban J connectivity index is 2.23. The number of thioether (sulfide) groups is 1. The number of likely N-dealkylation sites (tertiary alicyclic amines) is 1. The normalized spacial score (nSPS) is 22.9. The Bertz CT molecular complexity index is 189. The third-order valence-corrected chi connectivity index (χ3v) is 3.97. The maximum Gasteiger partial charge on any atom is 0.0221 e. The average molecular weight is 244 g/mol. The van der Waals surface area contributed by atoms with Crippen LogP contribution in [0.1, 0.15) is 40.5 Å². The van der Waals surface area contributed by atoms with E-state index < -0.39 is 0 Å². The molecule has 1 saturated heterocycles. The Morgan fingerprint density at radius 3 is 2.75 bits per heavy atom. The van der Waals surface area contributed by atoms with Crippen molar-refractivity contribution < 1.29 is 0 Å². The fourth-order valence-electron chi connectivity index (χ4n) is 2.17. The summed E-state index contributed by atoms with van der Waals surface area (Å²) in [5.41, 5.74) is 0.256. The highest BCUT2D eigenvalue weighted by Gasteiger charge is 2.24. The zero-order valence-corrected chi connectivity index (χ0v) is 12.2. The lowest BCUT2D eigenvalue weighted by atomic mass is 10.1. The first-order valence-corrected chi connectivity index (χ1v) is 7.75. The number of nitrogens with zero attached hydrogens (tertiary/aromatic N) is 1. The van der Waals surface area contributed by atoms with Crippen LogP contribution in [0.15, 0.2) is 0 Å². The van der Waals surface area contributed by atoms with Gasteiger partial charge in [-0.1, -0.05) is 6.92 Å². The molecule has 0 aromatic rings. The molecule has 1 N–H and O–H groups in total. The molecule has 0 aromatic carbocycles. The van der Waals surface area contributed by atoms with Crippen molar-refractivity contribution in [2.24, 2.45) is 0 Å². The van der Waals surface area contributed by atoms with Gasteiger partial charge in [-0.2, -0.15) is 11.8 Å². The van der Waals surface area contributed by atoms with Gasteiger partial charge in [0.2, 0.25) is 0 Å². The zero-order valence-electron chi connectivity index (χ0n) is 11.4. The highest BCUT2D eigenvalue weighted by atomic mass is 32.2. The molecule has 0 bridgehead atoms. The van der Waals surface area contributed by atoms with Gasteiger partial charge in [-0.25, -0.2) is 0 Å². The van der Waals surface area contributed by atoms with E-state index in [0.29, 0.717) is 0 Å². The lowest BCUT2D eigenvalue weighted by Crippen LogP contribution is -2.45. The van der Waals surface area contributed by atoms with Crippen LogP contribution in [-0.2, 0) is 0 Å². The molecule has 1 heterocycles. The molecule has 1 aliphatic rings. The maximum atomic E-state index is 3.64. The summed E-state index contributed by atoms with van der Waals surface area (Å²) < 4.78 is 0. The van der Waals surface area contributed by atoms with Gasteiger partial charge in [-0.15, -0.1) is 0 Å². The third-order valence-electron chi connectivity index (χ3n) is 3.09. The Morgan fingerprint density at radius 1 is 1.38 bits per heavy atom. The van der Waals surface area contributed by atoms with Crippen LogP contribution in [0.5, 0.6) is 0 Å². The van der Waals surface area contributed by atoms with Gasteiger partial charge in [-0.05, 0) is 45.9 Å². The fraction of sp³-hybridized carbons (Fsp3) is 1.00. The summed E-state index contributed by atoms with van der Waals surface area (Å²) in [5.74, 6) is 2.54. The van der Waals surface area contributed by atoms with Gasteiger partial charge in [0.25, 0.3) is 0 Å². The molecule has 96 valence electrons. The summed E-state index contributed by atoms with van der Waals surface area (Å²) in [6.07, 6.45) is 2.76. The first kappa shape index (κ1) is 14.3. The molecule has 3 heteroatoms. The summed E-state index contributed by atoms with van der Waals surface area (Å²) in [6, 6.07) is 0.775. The van der Waals surface area contributed by atoms with Gasteiger partial charge in [-0.3, -0.25) is 4.90 Å². The number of hydrogen-bond donors (Lipinski definition) is 1. The first-order chi connectivity index (χ1) is 7.53. The van der Waals surface area contributed by atoms with Gasteiger partial charge in [0.15, 0.2) is 0 Å². The minimum Gasteiger partial charge on any atom is -0.311 e.